The maximum atomic E-state index is 12.7. The quantitative estimate of drug-likeness (QED) is 0.873. The molecule has 5 nitrogen and oxygen atoms in total. The lowest BCUT2D eigenvalue weighted by molar-refractivity contribution is -0.129. The Balaban J connectivity index is 1.90. The SMILES string of the molecule is Cc1ccc2c(=O)n(C[C@H]3CC(=O)N(C(C)C)C3)cnc2c1C. The van der Waals surface area contributed by atoms with Gasteiger partial charge in [-0.25, -0.2) is 4.98 Å². The van der Waals surface area contributed by atoms with Gasteiger partial charge in [0.2, 0.25) is 5.91 Å². The van der Waals surface area contributed by atoms with Crippen LogP contribution in [0.1, 0.15) is 31.4 Å². The van der Waals surface area contributed by atoms with Gasteiger partial charge in [0.05, 0.1) is 17.2 Å². The fourth-order valence-electron chi connectivity index (χ4n) is 3.31. The van der Waals surface area contributed by atoms with Gasteiger partial charge in [-0.05, 0) is 44.9 Å². The maximum absolute atomic E-state index is 12.7. The standard InChI is InChI=1S/C18H23N3O2/c1-11(2)21-9-14(7-16(21)22)8-20-10-19-17-13(4)12(3)5-6-15(17)18(20)23/h5-6,10-11,14H,7-9H2,1-4H3/t14-/m1/s1. The van der Waals surface area contributed by atoms with E-state index in [1.54, 1.807) is 10.9 Å². The van der Waals surface area contributed by atoms with E-state index in [1.165, 1.54) is 0 Å². The zero-order valence-electron chi connectivity index (χ0n) is 14.2. The molecule has 1 saturated heterocycles. The third kappa shape index (κ3) is 2.76. The first-order valence-electron chi connectivity index (χ1n) is 8.13. The molecule has 0 bridgehead atoms. The highest BCUT2D eigenvalue weighted by Crippen LogP contribution is 2.22. The van der Waals surface area contributed by atoms with Gasteiger partial charge in [-0.2, -0.15) is 0 Å². The van der Waals surface area contributed by atoms with E-state index in [4.69, 9.17) is 0 Å². The van der Waals surface area contributed by atoms with Crippen molar-refractivity contribution >= 4 is 16.8 Å². The van der Waals surface area contributed by atoms with Crippen LogP contribution in [0.15, 0.2) is 23.3 Å². The molecular formula is C18H23N3O2. The summed E-state index contributed by atoms with van der Waals surface area (Å²) in [6.45, 7) is 9.32. The largest absolute Gasteiger partial charge is 0.340 e. The van der Waals surface area contributed by atoms with E-state index in [1.807, 2.05) is 44.7 Å². The molecule has 0 radical (unpaired) electrons. The monoisotopic (exact) mass is 313 g/mol. The van der Waals surface area contributed by atoms with Crippen molar-refractivity contribution < 1.29 is 4.79 Å². The first-order valence-corrected chi connectivity index (χ1v) is 8.13. The molecule has 0 spiro atoms. The molecule has 122 valence electrons. The van der Waals surface area contributed by atoms with Crippen molar-refractivity contribution in [2.24, 2.45) is 5.92 Å². The third-order valence-electron chi connectivity index (χ3n) is 4.84. The molecule has 0 aliphatic carbocycles. The number of aromatic nitrogens is 2. The second-order valence-electron chi connectivity index (χ2n) is 6.82. The highest BCUT2D eigenvalue weighted by atomic mass is 16.2. The fourth-order valence-corrected chi connectivity index (χ4v) is 3.31. The van der Waals surface area contributed by atoms with Crippen molar-refractivity contribution in [3.8, 4) is 0 Å². The average molecular weight is 313 g/mol. The molecule has 1 amide bonds. The molecule has 1 aliphatic rings. The summed E-state index contributed by atoms with van der Waals surface area (Å²) in [4.78, 5) is 31.1. The van der Waals surface area contributed by atoms with Gasteiger partial charge < -0.3 is 4.90 Å². The van der Waals surface area contributed by atoms with E-state index < -0.39 is 0 Å². The number of fused-ring (bicyclic) bond motifs is 1. The van der Waals surface area contributed by atoms with Crippen LogP contribution in [0.3, 0.4) is 0 Å². The normalized spacial score (nSPS) is 18.4. The van der Waals surface area contributed by atoms with Crippen molar-refractivity contribution in [1.29, 1.82) is 0 Å². The predicted molar refractivity (Wildman–Crippen MR) is 90.4 cm³/mol. The van der Waals surface area contributed by atoms with Crippen LogP contribution in [0.5, 0.6) is 0 Å². The number of likely N-dealkylation sites (tertiary alicyclic amines) is 1. The lowest BCUT2D eigenvalue weighted by Gasteiger charge is -2.21. The van der Waals surface area contributed by atoms with Crippen LogP contribution in [0.25, 0.3) is 10.9 Å². The van der Waals surface area contributed by atoms with Crippen LogP contribution in [-0.4, -0.2) is 32.9 Å². The van der Waals surface area contributed by atoms with Gasteiger partial charge in [-0.3, -0.25) is 14.2 Å². The first kappa shape index (κ1) is 15.7. The van der Waals surface area contributed by atoms with Crippen LogP contribution in [-0.2, 0) is 11.3 Å². The lowest BCUT2D eigenvalue weighted by Crippen LogP contribution is -2.33. The van der Waals surface area contributed by atoms with Crippen LogP contribution in [0.2, 0.25) is 0 Å². The molecule has 1 aromatic heterocycles. The zero-order chi connectivity index (χ0) is 16.7. The Morgan fingerprint density at radius 1 is 1.26 bits per heavy atom. The summed E-state index contributed by atoms with van der Waals surface area (Å²) >= 11 is 0. The minimum atomic E-state index is -0.0199. The molecule has 0 N–H and O–H groups in total. The highest BCUT2D eigenvalue weighted by Gasteiger charge is 2.31. The predicted octanol–water partition coefficient (Wildman–Crippen LogP) is 2.27. The fraction of sp³-hybridized carbons (Fsp3) is 0.500. The van der Waals surface area contributed by atoms with Crippen LogP contribution in [0, 0.1) is 19.8 Å². The Hall–Kier alpha value is -2.17. The number of rotatable bonds is 3. The molecule has 3 rings (SSSR count). The number of amides is 1. The van der Waals surface area contributed by atoms with Gasteiger partial charge in [0.1, 0.15) is 0 Å². The summed E-state index contributed by atoms with van der Waals surface area (Å²) in [6.07, 6.45) is 2.13. The summed E-state index contributed by atoms with van der Waals surface area (Å²) in [7, 11) is 0. The van der Waals surface area contributed by atoms with E-state index in [0.717, 1.165) is 16.6 Å². The molecule has 2 heterocycles. The number of carbonyl (C=O) groups is 1. The van der Waals surface area contributed by atoms with Crippen LogP contribution in [0.4, 0.5) is 0 Å². The van der Waals surface area contributed by atoms with Crippen molar-refractivity contribution in [1.82, 2.24) is 14.5 Å². The Labute approximate surface area is 135 Å². The first-order chi connectivity index (χ1) is 10.9. The number of hydrogen-bond donors (Lipinski definition) is 0. The van der Waals surface area contributed by atoms with Crippen LogP contribution < -0.4 is 5.56 Å². The summed E-state index contributed by atoms with van der Waals surface area (Å²) in [6, 6.07) is 4.03. The molecule has 0 saturated carbocycles. The van der Waals surface area contributed by atoms with Crippen molar-refractivity contribution in [2.45, 2.75) is 46.7 Å². The molecule has 1 aliphatic heterocycles. The molecule has 5 heteroatoms. The van der Waals surface area contributed by atoms with Gasteiger partial charge in [0, 0.05) is 31.5 Å². The number of hydrogen-bond acceptors (Lipinski definition) is 3. The second-order valence-corrected chi connectivity index (χ2v) is 6.82. The van der Waals surface area contributed by atoms with Crippen molar-refractivity contribution in [3.05, 3.63) is 39.9 Å². The number of aryl methyl sites for hydroxylation is 2. The van der Waals surface area contributed by atoms with Crippen molar-refractivity contribution in [2.75, 3.05) is 6.54 Å². The average Bonchev–Trinajstić information content (AvgIpc) is 2.87. The molecule has 2 aromatic rings. The molecule has 0 unspecified atom stereocenters. The van der Waals surface area contributed by atoms with Gasteiger partial charge >= 0.3 is 0 Å². The van der Waals surface area contributed by atoms with E-state index in [0.29, 0.717) is 24.9 Å². The third-order valence-corrected chi connectivity index (χ3v) is 4.84. The lowest BCUT2D eigenvalue weighted by atomic mass is 10.1. The number of nitrogens with zero attached hydrogens (tertiary/aromatic N) is 3. The van der Waals surface area contributed by atoms with Crippen LogP contribution >= 0.6 is 0 Å². The Bertz CT molecular complexity index is 823. The Morgan fingerprint density at radius 2 is 2.00 bits per heavy atom. The molecule has 1 atom stereocenters. The van der Waals surface area contributed by atoms with Gasteiger partial charge in [0.25, 0.3) is 5.56 Å². The molecule has 1 fully saturated rings. The number of carbonyl (C=O) groups excluding carboxylic acids is 1. The second kappa shape index (κ2) is 5.80. The zero-order valence-corrected chi connectivity index (χ0v) is 14.2. The summed E-state index contributed by atoms with van der Waals surface area (Å²) in [5, 5.41) is 0.653. The summed E-state index contributed by atoms with van der Waals surface area (Å²) in [5.41, 5.74) is 2.94. The van der Waals surface area contributed by atoms with Gasteiger partial charge in [-0.15, -0.1) is 0 Å². The topological polar surface area (TPSA) is 55.2 Å². The van der Waals surface area contributed by atoms with E-state index >= 15 is 0 Å². The smallest absolute Gasteiger partial charge is 0.261 e. The molecule has 23 heavy (non-hydrogen) atoms. The van der Waals surface area contributed by atoms with E-state index in [-0.39, 0.29) is 23.4 Å². The maximum Gasteiger partial charge on any atom is 0.261 e. The summed E-state index contributed by atoms with van der Waals surface area (Å²) < 4.78 is 1.65. The van der Waals surface area contributed by atoms with Gasteiger partial charge in [0.15, 0.2) is 0 Å². The van der Waals surface area contributed by atoms with E-state index in [2.05, 4.69) is 4.98 Å². The Morgan fingerprint density at radius 3 is 2.65 bits per heavy atom. The number of benzene rings is 1. The summed E-state index contributed by atoms with van der Waals surface area (Å²) in [5.74, 6) is 0.353. The minimum Gasteiger partial charge on any atom is -0.340 e. The minimum absolute atomic E-state index is 0.0199. The Kier molecular flexibility index (Phi) is 3.96. The molecular weight excluding hydrogens is 290 g/mol. The van der Waals surface area contributed by atoms with Crippen molar-refractivity contribution in [3.63, 3.8) is 0 Å². The van der Waals surface area contributed by atoms with E-state index in [9.17, 15) is 9.59 Å². The van der Waals surface area contributed by atoms with Gasteiger partial charge in [-0.1, -0.05) is 6.07 Å². The molecule has 1 aromatic carbocycles. The highest BCUT2D eigenvalue weighted by molar-refractivity contribution is 5.81.